The highest BCUT2D eigenvalue weighted by Crippen LogP contribution is 2.32. The van der Waals surface area contributed by atoms with Gasteiger partial charge in [-0.1, -0.05) is 13.8 Å². The number of hydrogen-bond acceptors (Lipinski definition) is 5. The van der Waals surface area contributed by atoms with Crippen molar-refractivity contribution in [3.63, 3.8) is 0 Å². The number of halogens is 1. The van der Waals surface area contributed by atoms with Crippen molar-refractivity contribution in [2.24, 2.45) is 5.92 Å². The molecule has 17 heavy (non-hydrogen) atoms. The van der Waals surface area contributed by atoms with E-state index in [1.807, 2.05) is 13.8 Å². The Balaban J connectivity index is 3.07. The number of nitrogens with one attached hydrogen (secondary N) is 1. The molecule has 1 aromatic heterocycles. The van der Waals surface area contributed by atoms with E-state index < -0.39 is 4.92 Å². The fourth-order valence-electron chi connectivity index (χ4n) is 1.31. The van der Waals surface area contributed by atoms with Crippen LogP contribution >= 0.6 is 15.9 Å². The molecule has 0 spiro atoms. The van der Waals surface area contributed by atoms with Gasteiger partial charge in [0, 0.05) is 6.20 Å². The number of nitrogens with zero attached hydrogens (tertiary/aromatic N) is 2. The Bertz CT molecular complexity index is 412. The molecule has 1 heterocycles. The van der Waals surface area contributed by atoms with Gasteiger partial charge in [-0.3, -0.25) is 15.1 Å². The largest absolute Gasteiger partial charge is 0.394 e. The number of hydrogen-bond donors (Lipinski definition) is 2. The third-order valence-corrected chi connectivity index (χ3v) is 3.01. The van der Waals surface area contributed by atoms with Crippen LogP contribution in [0.5, 0.6) is 0 Å². The molecule has 94 valence electrons. The lowest BCUT2D eigenvalue weighted by atomic mass is 10.1. The first-order valence-corrected chi connectivity index (χ1v) is 5.92. The van der Waals surface area contributed by atoms with E-state index in [4.69, 9.17) is 0 Å². The van der Waals surface area contributed by atoms with E-state index in [9.17, 15) is 15.2 Å². The van der Waals surface area contributed by atoms with E-state index in [-0.39, 0.29) is 24.3 Å². The van der Waals surface area contributed by atoms with Crippen molar-refractivity contribution in [1.82, 2.24) is 4.98 Å². The lowest BCUT2D eigenvalue weighted by Gasteiger charge is -2.21. The van der Waals surface area contributed by atoms with Crippen molar-refractivity contribution < 1.29 is 10.0 Å². The fourth-order valence-corrected chi connectivity index (χ4v) is 1.75. The topological polar surface area (TPSA) is 88.3 Å². The third-order valence-electron chi connectivity index (χ3n) is 2.41. The molecule has 0 amide bonds. The molecule has 0 aliphatic heterocycles. The van der Waals surface area contributed by atoms with Crippen LogP contribution in [0.15, 0.2) is 16.9 Å². The molecule has 0 saturated carbocycles. The number of nitro groups is 1. The first-order valence-electron chi connectivity index (χ1n) is 5.12. The third kappa shape index (κ3) is 3.37. The molecule has 0 bridgehead atoms. The number of aromatic nitrogens is 1. The van der Waals surface area contributed by atoms with Gasteiger partial charge in [0.1, 0.15) is 11.9 Å². The fraction of sp³-hybridized carbons (Fsp3) is 0.500. The van der Waals surface area contributed by atoms with Crippen LogP contribution in [0, 0.1) is 16.0 Å². The number of pyridine rings is 1. The Morgan fingerprint density at radius 3 is 2.71 bits per heavy atom. The zero-order valence-electron chi connectivity index (χ0n) is 9.55. The van der Waals surface area contributed by atoms with Crippen LogP contribution in [-0.4, -0.2) is 27.7 Å². The van der Waals surface area contributed by atoms with Gasteiger partial charge in [-0.25, -0.2) is 0 Å². The van der Waals surface area contributed by atoms with Gasteiger partial charge in [-0.15, -0.1) is 0 Å². The van der Waals surface area contributed by atoms with Crippen LogP contribution in [-0.2, 0) is 0 Å². The second kappa shape index (κ2) is 5.92. The first kappa shape index (κ1) is 13.9. The quantitative estimate of drug-likeness (QED) is 0.643. The molecule has 0 saturated heterocycles. The summed E-state index contributed by atoms with van der Waals surface area (Å²) in [6.45, 7) is 3.76. The van der Waals surface area contributed by atoms with Crippen molar-refractivity contribution in [3.05, 3.63) is 27.0 Å². The van der Waals surface area contributed by atoms with Crippen molar-refractivity contribution in [2.45, 2.75) is 19.9 Å². The molecule has 0 aromatic carbocycles. The maximum absolute atomic E-state index is 10.9. The van der Waals surface area contributed by atoms with Gasteiger partial charge in [0.25, 0.3) is 0 Å². The molecular formula is C10H14BrN3O3. The molecule has 2 N–H and O–H groups in total. The average Bonchev–Trinajstić information content (AvgIpc) is 2.26. The zero-order valence-corrected chi connectivity index (χ0v) is 11.1. The standard InChI is InChI=1S/C10H14BrN3O3/c1-6(2)8(5-15)13-10-7(11)3-12-4-9(10)14(16)17/h3-4,6,8,15H,5H2,1-2H3,(H,12,13). The maximum Gasteiger partial charge on any atom is 0.311 e. The smallest absolute Gasteiger partial charge is 0.311 e. The minimum absolute atomic E-state index is 0.0937. The molecule has 0 radical (unpaired) electrons. The van der Waals surface area contributed by atoms with Gasteiger partial charge in [-0.2, -0.15) is 0 Å². The highest BCUT2D eigenvalue weighted by Gasteiger charge is 2.21. The molecular weight excluding hydrogens is 290 g/mol. The summed E-state index contributed by atoms with van der Waals surface area (Å²) in [4.78, 5) is 14.1. The summed E-state index contributed by atoms with van der Waals surface area (Å²) in [7, 11) is 0. The Labute approximate surface area is 107 Å². The van der Waals surface area contributed by atoms with Crippen LogP contribution < -0.4 is 5.32 Å². The monoisotopic (exact) mass is 303 g/mol. The average molecular weight is 304 g/mol. The summed E-state index contributed by atoms with van der Waals surface area (Å²) >= 11 is 3.21. The van der Waals surface area contributed by atoms with Gasteiger partial charge in [0.15, 0.2) is 0 Å². The van der Waals surface area contributed by atoms with Crippen LogP contribution in [0.3, 0.4) is 0 Å². The SMILES string of the molecule is CC(C)C(CO)Nc1c(Br)cncc1[N+](=O)[O-]. The molecule has 1 aromatic rings. The van der Waals surface area contributed by atoms with E-state index in [0.29, 0.717) is 10.2 Å². The van der Waals surface area contributed by atoms with E-state index >= 15 is 0 Å². The van der Waals surface area contributed by atoms with Gasteiger partial charge in [0.05, 0.1) is 22.0 Å². The van der Waals surface area contributed by atoms with E-state index in [2.05, 4.69) is 26.2 Å². The number of aliphatic hydroxyl groups excluding tert-OH is 1. The van der Waals surface area contributed by atoms with Gasteiger partial charge in [0.2, 0.25) is 0 Å². The maximum atomic E-state index is 10.9. The number of rotatable bonds is 5. The minimum atomic E-state index is -0.505. The number of anilines is 1. The van der Waals surface area contributed by atoms with E-state index in [1.54, 1.807) is 0 Å². The van der Waals surface area contributed by atoms with Crippen LogP contribution in [0.25, 0.3) is 0 Å². The van der Waals surface area contributed by atoms with Crippen LogP contribution in [0.4, 0.5) is 11.4 Å². The zero-order chi connectivity index (χ0) is 13.0. The molecule has 1 unspecified atom stereocenters. The highest BCUT2D eigenvalue weighted by molar-refractivity contribution is 9.10. The Kier molecular flexibility index (Phi) is 4.83. The Hall–Kier alpha value is -1.21. The Morgan fingerprint density at radius 2 is 2.24 bits per heavy atom. The molecule has 0 fully saturated rings. The van der Waals surface area contributed by atoms with Gasteiger partial charge >= 0.3 is 5.69 Å². The minimum Gasteiger partial charge on any atom is -0.394 e. The molecule has 0 aliphatic carbocycles. The molecule has 1 atom stereocenters. The summed E-state index contributed by atoms with van der Waals surface area (Å²) in [6, 6.07) is -0.243. The summed E-state index contributed by atoms with van der Waals surface area (Å²) < 4.78 is 0.505. The second-order valence-electron chi connectivity index (χ2n) is 3.95. The summed E-state index contributed by atoms with van der Waals surface area (Å²) in [5, 5.41) is 23.0. The summed E-state index contributed by atoms with van der Waals surface area (Å²) in [6.07, 6.45) is 2.66. The van der Waals surface area contributed by atoms with Gasteiger partial charge in [-0.05, 0) is 21.8 Å². The van der Waals surface area contributed by atoms with Crippen molar-refractivity contribution in [1.29, 1.82) is 0 Å². The highest BCUT2D eigenvalue weighted by atomic mass is 79.9. The Morgan fingerprint density at radius 1 is 1.59 bits per heavy atom. The number of aliphatic hydroxyl groups is 1. The lowest BCUT2D eigenvalue weighted by molar-refractivity contribution is -0.384. The van der Waals surface area contributed by atoms with Crippen molar-refractivity contribution >= 4 is 27.3 Å². The lowest BCUT2D eigenvalue weighted by Crippen LogP contribution is -2.29. The predicted molar refractivity (Wildman–Crippen MR) is 67.9 cm³/mol. The second-order valence-corrected chi connectivity index (χ2v) is 4.80. The van der Waals surface area contributed by atoms with Crippen molar-refractivity contribution in [2.75, 3.05) is 11.9 Å². The van der Waals surface area contributed by atoms with Gasteiger partial charge < -0.3 is 10.4 Å². The first-order chi connectivity index (χ1) is 7.97. The van der Waals surface area contributed by atoms with Crippen LogP contribution in [0.1, 0.15) is 13.8 Å². The normalized spacial score (nSPS) is 12.5. The predicted octanol–water partition coefficient (Wildman–Crippen LogP) is 2.18. The van der Waals surface area contributed by atoms with E-state index in [1.165, 1.54) is 12.4 Å². The van der Waals surface area contributed by atoms with Crippen LogP contribution in [0.2, 0.25) is 0 Å². The van der Waals surface area contributed by atoms with Crippen molar-refractivity contribution in [3.8, 4) is 0 Å². The summed E-state index contributed by atoms with van der Waals surface area (Å²) in [5.41, 5.74) is 0.233. The summed E-state index contributed by atoms with van der Waals surface area (Å²) in [5.74, 6) is 0.152. The molecule has 1 rings (SSSR count). The molecule has 7 heteroatoms. The molecule has 0 aliphatic rings. The van der Waals surface area contributed by atoms with E-state index in [0.717, 1.165) is 0 Å². The molecule has 6 nitrogen and oxygen atoms in total.